The molecule has 0 atom stereocenters. The van der Waals surface area contributed by atoms with Crippen molar-refractivity contribution in [3.63, 3.8) is 0 Å². The molecule has 1 aliphatic rings. The molecular formula is C28H48O. The Morgan fingerprint density at radius 2 is 1.38 bits per heavy atom. The van der Waals surface area contributed by atoms with Gasteiger partial charge in [0.15, 0.2) is 0 Å². The van der Waals surface area contributed by atoms with Crippen LogP contribution in [0.3, 0.4) is 0 Å². The number of unbranched alkanes of at least 4 members (excludes halogenated alkanes) is 7. The molecule has 29 heavy (non-hydrogen) atoms. The molecule has 1 saturated carbocycles. The lowest BCUT2D eigenvalue weighted by atomic mass is 9.62. The van der Waals surface area contributed by atoms with E-state index >= 15 is 0 Å². The zero-order chi connectivity index (χ0) is 21.1. The third kappa shape index (κ3) is 8.35. The molecule has 0 unspecified atom stereocenters. The number of ether oxygens (including phenoxy) is 1. The van der Waals surface area contributed by atoms with Crippen molar-refractivity contribution in [3.05, 3.63) is 29.8 Å². The molecule has 0 bridgehead atoms. The Bertz CT molecular complexity index is 530. The lowest BCUT2D eigenvalue weighted by Gasteiger charge is -2.42. The van der Waals surface area contributed by atoms with Crippen molar-refractivity contribution >= 4 is 0 Å². The summed E-state index contributed by atoms with van der Waals surface area (Å²) in [5.74, 6) is 3.47. The first kappa shape index (κ1) is 24.3. The quantitative estimate of drug-likeness (QED) is 0.252. The van der Waals surface area contributed by atoms with Gasteiger partial charge in [0.05, 0.1) is 6.61 Å². The largest absolute Gasteiger partial charge is 0.494 e. The van der Waals surface area contributed by atoms with Crippen LogP contribution < -0.4 is 4.74 Å². The summed E-state index contributed by atoms with van der Waals surface area (Å²) in [6, 6.07) is 9.02. The number of hydrogen-bond donors (Lipinski definition) is 0. The Hall–Kier alpha value is -0.980. The van der Waals surface area contributed by atoms with Gasteiger partial charge >= 0.3 is 0 Å². The Labute approximate surface area is 182 Å². The Balaban J connectivity index is 1.74. The van der Waals surface area contributed by atoms with Crippen LogP contribution in [0.5, 0.6) is 5.75 Å². The molecule has 0 aromatic heterocycles. The van der Waals surface area contributed by atoms with Gasteiger partial charge in [0.2, 0.25) is 0 Å². The van der Waals surface area contributed by atoms with E-state index in [1.807, 2.05) is 0 Å². The van der Waals surface area contributed by atoms with Crippen molar-refractivity contribution < 1.29 is 4.74 Å². The van der Waals surface area contributed by atoms with Gasteiger partial charge in [0.25, 0.3) is 0 Å². The molecule has 0 radical (unpaired) electrons. The summed E-state index contributed by atoms with van der Waals surface area (Å²) in [6.07, 6.45) is 16.3. The molecule has 1 aromatic rings. The minimum atomic E-state index is 0.431. The van der Waals surface area contributed by atoms with Gasteiger partial charge in [-0.25, -0.2) is 0 Å². The van der Waals surface area contributed by atoms with E-state index in [2.05, 4.69) is 58.9 Å². The van der Waals surface area contributed by atoms with E-state index in [1.165, 1.54) is 82.6 Å². The zero-order valence-electron chi connectivity index (χ0n) is 20.1. The van der Waals surface area contributed by atoms with Crippen LogP contribution in [0.2, 0.25) is 0 Å². The smallest absolute Gasteiger partial charge is 0.119 e. The maximum Gasteiger partial charge on any atom is 0.119 e. The molecule has 0 heterocycles. The number of rotatable bonds is 16. The summed E-state index contributed by atoms with van der Waals surface area (Å²) in [4.78, 5) is 0. The summed E-state index contributed by atoms with van der Waals surface area (Å²) < 4.78 is 6.01. The van der Waals surface area contributed by atoms with Crippen LogP contribution in [0.1, 0.15) is 111 Å². The van der Waals surface area contributed by atoms with Gasteiger partial charge in [-0.1, -0.05) is 105 Å². The van der Waals surface area contributed by atoms with Crippen LogP contribution in [0, 0.1) is 23.2 Å². The maximum atomic E-state index is 6.01. The molecule has 1 heteroatoms. The summed E-state index contributed by atoms with van der Waals surface area (Å²) in [6.45, 7) is 12.9. The summed E-state index contributed by atoms with van der Waals surface area (Å²) in [5.41, 5.74) is 1.91. The zero-order valence-corrected chi connectivity index (χ0v) is 20.1. The van der Waals surface area contributed by atoms with Crippen LogP contribution in [0.4, 0.5) is 0 Å². The topological polar surface area (TPSA) is 9.23 Å². The number of benzene rings is 1. The van der Waals surface area contributed by atoms with Gasteiger partial charge in [0, 0.05) is 0 Å². The minimum absolute atomic E-state index is 0.431. The van der Waals surface area contributed by atoms with Crippen molar-refractivity contribution in [1.82, 2.24) is 0 Å². The van der Waals surface area contributed by atoms with E-state index in [9.17, 15) is 0 Å². The summed E-state index contributed by atoms with van der Waals surface area (Å²) >= 11 is 0. The molecule has 1 fully saturated rings. The molecule has 0 N–H and O–H groups in total. The van der Waals surface area contributed by atoms with Crippen LogP contribution in [0.15, 0.2) is 24.3 Å². The molecule has 2 rings (SSSR count). The van der Waals surface area contributed by atoms with Crippen molar-refractivity contribution in [1.29, 1.82) is 0 Å². The van der Waals surface area contributed by atoms with Crippen molar-refractivity contribution in [3.8, 4) is 5.75 Å². The van der Waals surface area contributed by atoms with E-state index < -0.39 is 0 Å². The first-order valence-corrected chi connectivity index (χ1v) is 12.7. The maximum absolute atomic E-state index is 6.01. The van der Waals surface area contributed by atoms with Gasteiger partial charge in [-0.3, -0.25) is 0 Å². The highest BCUT2D eigenvalue weighted by Gasteiger charge is 2.41. The second kappa shape index (κ2) is 12.7. The first-order valence-electron chi connectivity index (χ1n) is 12.7. The van der Waals surface area contributed by atoms with E-state index in [0.29, 0.717) is 5.41 Å². The van der Waals surface area contributed by atoms with Gasteiger partial charge in [-0.05, 0) is 60.1 Å². The molecule has 0 aliphatic heterocycles. The fourth-order valence-electron chi connectivity index (χ4n) is 4.99. The second-order valence-corrected chi connectivity index (χ2v) is 10.3. The van der Waals surface area contributed by atoms with E-state index in [4.69, 9.17) is 4.74 Å². The summed E-state index contributed by atoms with van der Waals surface area (Å²) in [7, 11) is 0. The van der Waals surface area contributed by atoms with Crippen molar-refractivity contribution in [2.24, 2.45) is 23.2 Å². The van der Waals surface area contributed by atoms with Crippen molar-refractivity contribution in [2.75, 3.05) is 6.61 Å². The van der Waals surface area contributed by atoms with Crippen LogP contribution in [-0.2, 0) is 6.42 Å². The molecular weight excluding hydrogens is 352 g/mol. The van der Waals surface area contributed by atoms with Crippen LogP contribution >= 0.6 is 0 Å². The van der Waals surface area contributed by atoms with Gasteiger partial charge in [-0.15, -0.1) is 0 Å². The van der Waals surface area contributed by atoms with E-state index in [1.54, 1.807) is 0 Å². The predicted octanol–water partition coefficient (Wildman–Crippen LogP) is 8.85. The van der Waals surface area contributed by atoms with E-state index in [-0.39, 0.29) is 0 Å². The summed E-state index contributed by atoms with van der Waals surface area (Å²) in [5, 5.41) is 0. The van der Waals surface area contributed by atoms with E-state index in [0.717, 1.165) is 30.1 Å². The lowest BCUT2D eigenvalue weighted by Crippen LogP contribution is -2.36. The second-order valence-electron chi connectivity index (χ2n) is 10.3. The molecule has 166 valence electrons. The average molecular weight is 401 g/mol. The fraction of sp³-hybridized carbons (Fsp3) is 0.786. The molecule has 0 saturated heterocycles. The molecule has 0 amide bonds. The fourth-order valence-corrected chi connectivity index (χ4v) is 4.99. The Kier molecular flexibility index (Phi) is 10.6. The predicted molar refractivity (Wildman–Crippen MR) is 128 cm³/mol. The van der Waals surface area contributed by atoms with Gasteiger partial charge in [-0.2, -0.15) is 0 Å². The highest BCUT2D eigenvalue weighted by Crippen LogP contribution is 2.50. The van der Waals surface area contributed by atoms with Crippen LogP contribution in [0.25, 0.3) is 0 Å². The molecule has 1 nitrogen and oxygen atoms in total. The van der Waals surface area contributed by atoms with Crippen molar-refractivity contribution in [2.45, 2.75) is 112 Å². The molecule has 0 spiro atoms. The highest BCUT2D eigenvalue weighted by molar-refractivity contribution is 5.28. The first-order chi connectivity index (χ1) is 14.0. The van der Waals surface area contributed by atoms with Gasteiger partial charge in [0.1, 0.15) is 5.75 Å². The molecule has 1 aromatic carbocycles. The lowest BCUT2D eigenvalue weighted by molar-refractivity contribution is 0.0896. The SMILES string of the molecule is CCCCCCCCCCOc1ccc(CC(CC2CC2)(C(C)C)C(C)C)cc1. The van der Waals surface area contributed by atoms with Gasteiger partial charge < -0.3 is 4.74 Å². The molecule has 1 aliphatic carbocycles. The number of hydrogen-bond acceptors (Lipinski definition) is 1. The standard InChI is InChI=1S/C28H48O/c1-6-7-8-9-10-11-12-13-20-29-27-18-16-26(17-19-27)22-28(23(2)3,24(4)5)21-25-14-15-25/h16-19,23-25H,6-15,20-22H2,1-5H3. The monoisotopic (exact) mass is 400 g/mol. The Morgan fingerprint density at radius 1 is 0.828 bits per heavy atom. The van der Waals surface area contributed by atoms with Crippen LogP contribution in [-0.4, -0.2) is 6.61 Å². The highest BCUT2D eigenvalue weighted by atomic mass is 16.5. The third-order valence-electron chi connectivity index (χ3n) is 7.39. The minimum Gasteiger partial charge on any atom is -0.494 e. The average Bonchev–Trinajstić information content (AvgIpc) is 3.51. The Morgan fingerprint density at radius 3 is 1.90 bits per heavy atom. The normalized spacial score (nSPS) is 14.7. The third-order valence-corrected chi connectivity index (χ3v) is 7.39.